The molecule has 2 N–H and O–H groups in total. The Morgan fingerprint density at radius 1 is 1.16 bits per heavy atom. The average molecular weight is 346 g/mol. The number of nitrogens with one attached hydrogen (secondary N) is 2. The molecule has 0 saturated carbocycles. The summed E-state index contributed by atoms with van der Waals surface area (Å²) in [4.78, 5) is 12.2. The zero-order chi connectivity index (χ0) is 18.2. The van der Waals surface area contributed by atoms with E-state index >= 15 is 0 Å². The molecule has 1 unspecified atom stereocenters. The van der Waals surface area contributed by atoms with Crippen LogP contribution in [0.5, 0.6) is 11.5 Å². The number of amides is 1. The zero-order valence-corrected chi connectivity index (χ0v) is 14.6. The molecule has 0 fully saturated rings. The van der Waals surface area contributed by atoms with E-state index < -0.39 is 0 Å². The fourth-order valence-electron chi connectivity index (χ4n) is 2.39. The standard InChI is InChI=1S/C19H23FN2O3/c1-13(21-12-14-5-4-6-15(20)10-14)9-19(23)22-17-8-7-16(24-2)11-18(17)25-3/h4-8,10-11,13,21H,9,12H2,1-3H3,(H,22,23). The largest absolute Gasteiger partial charge is 0.497 e. The monoisotopic (exact) mass is 346 g/mol. The SMILES string of the molecule is COc1ccc(NC(=O)CC(C)NCc2cccc(F)c2)c(OC)c1. The van der Waals surface area contributed by atoms with Crippen molar-refractivity contribution in [3.8, 4) is 11.5 Å². The molecule has 0 saturated heterocycles. The molecule has 0 aliphatic rings. The van der Waals surface area contributed by atoms with Crippen molar-refractivity contribution in [3.63, 3.8) is 0 Å². The Bertz CT molecular complexity index is 722. The second-order valence-corrected chi connectivity index (χ2v) is 5.73. The van der Waals surface area contributed by atoms with Crippen LogP contribution in [0.15, 0.2) is 42.5 Å². The van der Waals surface area contributed by atoms with E-state index in [1.807, 2.05) is 13.0 Å². The lowest BCUT2D eigenvalue weighted by molar-refractivity contribution is -0.116. The first kappa shape index (κ1) is 18.7. The lowest BCUT2D eigenvalue weighted by atomic mass is 10.1. The molecule has 0 bridgehead atoms. The van der Waals surface area contributed by atoms with Gasteiger partial charge >= 0.3 is 0 Å². The lowest BCUT2D eigenvalue weighted by Crippen LogP contribution is -2.30. The normalized spacial score (nSPS) is 11.7. The average Bonchev–Trinajstić information content (AvgIpc) is 2.60. The van der Waals surface area contributed by atoms with Crippen LogP contribution in [-0.2, 0) is 11.3 Å². The molecule has 1 amide bonds. The molecule has 0 aromatic heterocycles. The summed E-state index contributed by atoms with van der Waals surface area (Å²) < 4.78 is 23.6. The molecule has 0 aliphatic heterocycles. The minimum absolute atomic E-state index is 0.0625. The van der Waals surface area contributed by atoms with Crippen molar-refractivity contribution in [1.29, 1.82) is 0 Å². The maximum atomic E-state index is 13.2. The maximum Gasteiger partial charge on any atom is 0.226 e. The molecule has 5 nitrogen and oxygen atoms in total. The first-order valence-corrected chi connectivity index (χ1v) is 8.01. The van der Waals surface area contributed by atoms with Crippen LogP contribution in [0.3, 0.4) is 0 Å². The number of halogens is 1. The number of carbonyl (C=O) groups is 1. The maximum absolute atomic E-state index is 13.2. The Labute approximate surface area is 147 Å². The van der Waals surface area contributed by atoms with Crippen molar-refractivity contribution in [2.75, 3.05) is 19.5 Å². The van der Waals surface area contributed by atoms with Gasteiger partial charge in [0.25, 0.3) is 0 Å². The van der Waals surface area contributed by atoms with Gasteiger partial charge < -0.3 is 20.1 Å². The molecule has 0 aliphatic carbocycles. The van der Waals surface area contributed by atoms with Gasteiger partial charge in [-0.25, -0.2) is 4.39 Å². The van der Waals surface area contributed by atoms with E-state index in [0.717, 1.165) is 5.56 Å². The number of anilines is 1. The predicted molar refractivity (Wildman–Crippen MR) is 95.5 cm³/mol. The number of benzene rings is 2. The molecule has 2 aromatic carbocycles. The molecule has 2 rings (SSSR count). The molecule has 6 heteroatoms. The van der Waals surface area contributed by atoms with Crippen molar-refractivity contribution < 1.29 is 18.7 Å². The van der Waals surface area contributed by atoms with Gasteiger partial charge in [0.2, 0.25) is 5.91 Å². The minimum Gasteiger partial charge on any atom is -0.497 e. The van der Waals surface area contributed by atoms with Gasteiger partial charge in [-0.1, -0.05) is 12.1 Å². The molecule has 0 spiro atoms. The molecule has 0 heterocycles. The summed E-state index contributed by atoms with van der Waals surface area (Å²) in [7, 11) is 3.10. The molecular formula is C19H23FN2O3. The van der Waals surface area contributed by atoms with Crippen LogP contribution in [0.2, 0.25) is 0 Å². The van der Waals surface area contributed by atoms with Crippen molar-refractivity contribution in [3.05, 3.63) is 53.8 Å². The Morgan fingerprint density at radius 2 is 1.96 bits per heavy atom. The van der Waals surface area contributed by atoms with E-state index in [-0.39, 0.29) is 24.2 Å². The fraction of sp³-hybridized carbons (Fsp3) is 0.316. The van der Waals surface area contributed by atoms with Crippen LogP contribution < -0.4 is 20.1 Å². The van der Waals surface area contributed by atoms with Crippen LogP contribution in [-0.4, -0.2) is 26.2 Å². The summed E-state index contributed by atoms with van der Waals surface area (Å²) in [6.07, 6.45) is 0.282. The van der Waals surface area contributed by atoms with Gasteiger partial charge in [-0.3, -0.25) is 4.79 Å². The van der Waals surface area contributed by atoms with Crippen molar-refractivity contribution in [1.82, 2.24) is 5.32 Å². The summed E-state index contributed by atoms with van der Waals surface area (Å²) in [5.74, 6) is 0.784. The Hall–Kier alpha value is -2.60. The third-order valence-electron chi connectivity index (χ3n) is 3.72. The Morgan fingerprint density at radius 3 is 2.64 bits per heavy atom. The Balaban J connectivity index is 1.87. The topological polar surface area (TPSA) is 59.6 Å². The van der Waals surface area contributed by atoms with E-state index in [1.165, 1.54) is 19.2 Å². The first-order chi connectivity index (χ1) is 12.0. The third-order valence-corrected chi connectivity index (χ3v) is 3.72. The highest BCUT2D eigenvalue weighted by Crippen LogP contribution is 2.29. The summed E-state index contributed by atoms with van der Waals surface area (Å²) in [6, 6.07) is 11.5. The minimum atomic E-state index is -0.267. The molecular weight excluding hydrogens is 323 g/mol. The van der Waals surface area contributed by atoms with Crippen molar-refractivity contribution in [2.45, 2.75) is 25.9 Å². The highest BCUT2D eigenvalue weighted by Gasteiger charge is 2.12. The quantitative estimate of drug-likeness (QED) is 0.770. The number of methoxy groups -OCH3 is 2. The highest BCUT2D eigenvalue weighted by atomic mass is 19.1. The van der Waals surface area contributed by atoms with E-state index in [2.05, 4.69) is 10.6 Å². The van der Waals surface area contributed by atoms with Crippen LogP contribution in [0.25, 0.3) is 0 Å². The van der Waals surface area contributed by atoms with E-state index in [1.54, 1.807) is 31.4 Å². The van der Waals surface area contributed by atoms with E-state index in [4.69, 9.17) is 9.47 Å². The third kappa shape index (κ3) is 5.76. The van der Waals surface area contributed by atoms with Crippen LogP contribution in [0.4, 0.5) is 10.1 Å². The number of hydrogen-bond donors (Lipinski definition) is 2. The molecule has 25 heavy (non-hydrogen) atoms. The first-order valence-electron chi connectivity index (χ1n) is 8.01. The second-order valence-electron chi connectivity index (χ2n) is 5.73. The molecule has 2 aromatic rings. The van der Waals surface area contributed by atoms with Gasteiger partial charge in [0.15, 0.2) is 0 Å². The van der Waals surface area contributed by atoms with Gasteiger partial charge in [0.1, 0.15) is 17.3 Å². The number of rotatable bonds is 8. The van der Waals surface area contributed by atoms with Crippen molar-refractivity contribution in [2.24, 2.45) is 0 Å². The number of carbonyl (C=O) groups excluding carboxylic acids is 1. The number of hydrogen-bond acceptors (Lipinski definition) is 4. The van der Waals surface area contributed by atoms with Crippen molar-refractivity contribution >= 4 is 11.6 Å². The molecule has 134 valence electrons. The summed E-state index contributed by atoms with van der Waals surface area (Å²) >= 11 is 0. The van der Waals surface area contributed by atoms with Gasteiger partial charge in [-0.05, 0) is 36.8 Å². The smallest absolute Gasteiger partial charge is 0.226 e. The van der Waals surface area contributed by atoms with Gasteiger partial charge in [0, 0.05) is 25.1 Å². The van der Waals surface area contributed by atoms with E-state index in [0.29, 0.717) is 23.7 Å². The fourth-order valence-corrected chi connectivity index (χ4v) is 2.39. The predicted octanol–water partition coefficient (Wildman–Crippen LogP) is 3.35. The van der Waals surface area contributed by atoms with Gasteiger partial charge in [0.05, 0.1) is 19.9 Å². The lowest BCUT2D eigenvalue weighted by Gasteiger charge is -2.15. The summed E-state index contributed by atoms with van der Waals surface area (Å²) in [6.45, 7) is 2.40. The van der Waals surface area contributed by atoms with Crippen LogP contribution >= 0.6 is 0 Å². The zero-order valence-electron chi connectivity index (χ0n) is 14.6. The summed E-state index contributed by atoms with van der Waals surface area (Å²) in [5.41, 5.74) is 1.43. The summed E-state index contributed by atoms with van der Waals surface area (Å²) in [5, 5.41) is 6.04. The van der Waals surface area contributed by atoms with Gasteiger partial charge in [-0.15, -0.1) is 0 Å². The molecule has 1 atom stereocenters. The van der Waals surface area contributed by atoms with Gasteiger partial charge in [-0.2, -0.15) is 0 Å². The number of ether oxygens (including phenoxy) is 2. The second kappa shape index (κ2) is 9.03. The van der Waals surface area contributed by atoms with Crippen LogP contribution in [0, 0.1) is 5.82 Å². The molecule has 0 radical (unpaired) electrons. The van der Waals surface area contributed by atoms with E-state index in [9.17, 15) is 9.18 Å². The Kier molecular flexibility index (Phi) is 6.77. The highest BCUT2D eigenvalue weighted by molar-refractivity contribution is 5.92. The van der Waals surface area contributed by atoms with Crippen LogP contribution in [0.1, 0.15) is 18.9 Å².